The van der Waals surface area contributed by atoms with Gasteiger partial charge in [0.05, 0.1) is 12.1 Å². The van der Waals surface area contributed by atoms with E-state index in [2.05, 4.69) is 64.1 Å². The summed E-state index contributed by atoms with van der Waals surface area (Å²) in [5.41, 5.74) is 9.97. The summed E-state index contributed by atoms with van der Waals surface area (Å²) in [6.07, 6.45) is 6.63. The van der Waals surface area contributed by atoms with E-state index in [1.807, 2.05) is 31.2 Å². The lowest BCUT2D eigenvalue weighted by atomic mass is 9.82. The van der Waals surface area contributed by atoms with Gasteiger partial charge in [-0.2, -0.15) is 0 Å². The number of aromatic nitrogens is 3. The number of aryl methyl sites for hydroxylation is 1. The topological polar surface area (TPSA) is 111 Å². The van der Waals surface area contributed by atoms with Crippen LogP contribution in [0.25, 0.3) is 33.2 Å². The summed E-state index contributed by atoms with van der Waals surface area (Å²) in [5.74, 6) is 0.864. The monoisotopic (exact) mass is 673 g/mol. The van der Waals surface area contributed by atoms with Crippen LogP contribution in [0.4, 0.5) is 17.3 Å². The molecule has 0 saturated carbocycles. The molecule has 2 aromatic carbocycles. The number of fused-ring (bicyclic) bond motifs is 4. The number of aliphatic carboxylic acids is 1. The van der Waals surface area contributed by atoms with Gasteiger partial charge >= 0.3 is 5.97 Å². The SMILES string of the molecule is Cc1nc(NC2CCN(C)CC2)c(-c2ccc3c(c2)CCN(c2ncnc4c2oc2ccccc24)C3)c(N2CCC(C)(C)CC2)c1CC(=O)O. The van der Waals surface area contributed by atoms with E-state index in [9.17, 15) is 9.90 Å². The van der Waals surface area contributed by atoms with Crippen LogP contribution in [0.2, 0.25) is 0 Å². The second-order valence-electron chi connectivity index (χ2n) is 15.3. The van der Waals surface area contributed by atoms with Crippen molar-refractivity contribution >= 4 is 45.4 Å². The minimum absolute atomic E-state index is 0.0509. The van der Waals surface area contributed by atoms with Crippen molar-refractivity contribution in [3.8, 4) is 11.1 Å². The Hall–Kier alpha value is -4.70. The minimum Gasteiger partial charge on any atom is -0.481 e. The summed E-state index contributed by atoms with van der Waals surface area (Å²) in [6.45, 7) is 12.0. The first-order chi connectivity index (χ1) is 24.1. The number of benzene rings is 2. The fourth-order valence-electron chi connectivity index (χ4n) is 8.12. The molecule has 3 aliphatic rings. The summed E-state index contributed by atoms with van der Waals surface area (Å²) >= 11 is 0. The van der Waals surface area contributed by atoms with Gasteiger partial charge in [-0.1, -0.05) is 44.2 Å². The summed E-state index contributed by atoms with van der Waals surface area (Å²) in [5, 5.41) is 15.0. The second kappa shape index (κ2) is 12.9. The van der Waals surface area contributed by atoms with Gasteiger partial charge in [-0.25, -0.2) is 15.0 Å². The Morgan fingerprint density at radius 3 is 2.56 bits per heavy atom. The number of pyridine rings is 1. The van der Waals surface area contributed by atoms with Crippen LogP contribution in [0.3, 0.4) is 0 Å². The highest BCUT2D eigenvalue weighted by atomic mass is 16.4. The Morgan fingerprint density at radius 2 is 1.78 bits per heavy atom. The molecule has 2 N–H and O–H groups in total. The van der Waals surface area contributed by atoms with Crippen molar-refractivity contribution in [3.63, 3.8) is 0 Å². The molecule has 0 radical (unpaired) electrons. The van der Waals surface area contributed by atoms with Crippen LogP contribution in [0.15, 0.2) is 53.2 Å². The summed E-state index contributed by atoms with van der Waals surface area (Å²) in [6, 6.07) is 15.1. The number of furan rings is 1. The Kier molecular flexibility index (Phi) is 8.37. The number of nitrogens with one attached hydrogen (secondary N) is 1. The number of carboxylic acid groups (broad SMARTS) is 1. The van der Waals surface area contributed by atoms with Gasteiger partial charge < -0.3 is 29.5 Å². The third kappa shape index (κ3) is 6.14. The van der Waals surface area contributed by atoms with E-state index in [0.29, 0.717) is 12.6 Å². The maximum atomic E-state index is 12.3. The first-order valence-electron chi connectivity index (χ1n) is 18.1. The molecule has 10 nitrogen and oxygen atoms in total. The summed E-state index contributed by atoms with van der Waals surface area (Å²) in [7, 11) is 2.18. The first-order valence-corrected chi connectivity index (χ1v) is 18.1. The zero-order valence-corrected chi connectivity index (χ0v) is 29.6. The van der Waals surface area contributed by atoms with Gasteiger partial charge in [0.25, 0.3) is 0 Å². The number of rotatable bonds is 7. The molecule has 0 aliphatic carbocycles. The van der Waals surface area contributed by atoms with Crippen molar-refractivity contribution in [2.75, 3.05) is 54.9 Å². The molecule has 0 atom stereocenters. The molecule has 3 aliphatic heterocycles. The number of hydrogen-bond donors (Lipinski definition) is 2. The van der Waals surface area contributed by atoms with Crippen molar-refractivity contribution in [2.24, 2.45) is 5.41 Å². The van der Waals surface area contributed by atoms with E-state index in [-0.39, 0.29) is 11.8 Å². The van der Waals surface area contributed by atoms with Crippen LogP contribution in [0.1, 0.15) is 61.9 Å². The summed E-state index contributed by atoms with van der Waals surface area (Å²) < 4.78 is 6.29. The van der Waals surface area contributed by atoms with Crippen LogP contribution in [0.5, 0.6) is 0 Å². The number of piperidine rings is 2. The molecular weight excluding hydrogens is 626 g/mol. The highest BCUT2D eigenvalue weighted by molar-refractivity contribution is 6.05. The van der Waals surface area contributed by atoms with E-state index >= 15 is 0 Å². The van der Waals surface area contributed by atoms with Crippen LogP contribution in [-0.2, 0) is 24.2 Å². The van der Waals surface area contributed by atoms with E-state index in [4.69, 9.17) is 14.4 Å². The average molecular weight is 674 g/mol. The molecule has 2 saturated heterocycles. The van der Waals surface area contributed by atoms with Gasteiger partial charge in [-0.05, 0) is 93.4 Å². The Labute approximate surface area is 293 Å². The molecule has 50 heavy (non-hydrogen) atoms. The number of para-hydroxylation sites is 1. The van der Waals surface area contributed by atoms with Crippen LogP contribution in [0, 0.1) is 12.3 Å². The molecule has 260 valence electrons. The van der Waals surface area contributed by atoms with E-state index in [0.717, 1.165) is 127 Å². The molecule has 2 fully saturated rings. The summed E-state index contributed by atoms with van der Waals surface area (Å²) in [4.78, 5) is 33.9. The molecular formula is C40H47N7O3. The second-order valence-corrected chi connectivity index (χ2v) is 15.3. The quantitative estimate of drug-likeness (QED) is 0.186. The third-order valence-corrected chi connectivity index (χ3v) is 11.2. The molecule has 0 spiro atoms. The number of carboxylic acids is 1. The van der Waals surface area contributed by atoms with Gasteiger partial charge in [0.15, 0.2) is 11.4 Å². The van der Waals surface area contributed by atoms with E-state index in [1.165, 1.54) is 11.1 Å². The average Bonchev–Trinajstić information content (AvgIpc) is 3.49. The maximum absolute atomic E-state index is 12.3. The predicted molar refractivity (Wildman–Crippen MR) is 199 cm³/mol. The van der Waals surface area contributed by atoms with Gasteiger partial charge in [-0.15, -0.1) is 0 Å². The fraction of sp³-hybridized carbons (Fsp3) is 0.450. The number of hydrogen-bond acceptors (Lipinski definition) is 9. The van der Waals surface area contributed by atoms with Crippen molar-refractivity contribution in [1.82, 2.24) is 19.9 Å². The van der Waals surface area contributed by atoms with Crippen LogP contribution >= 0.6 is 0 Å². The largest absolute Gasteiger partial charge is 0.481 e. The van der Waals surface area contributed by atoms with Gasteiger partial charge in [0.2, 0.25) is 0 Å². The zero-order chi connectivity index (χ0) is 34.6. The number of nitrogens with zero attached hydrogens (tertiary/aromatic N) is 6. The predicted octanol–water partition coefficient (Wildman–Crippen LogP) is 7.07. The Bertz CT molecular complexity index is 2070. The van der Waals surface area contributed by atoms with Crippen molar-refractivity contribution in [1.29, 1.82) is 0 Å². The zero-order valence-electron chi connectivity index (χ0n) is 29.6. The van der Waals surface area contributed by atoms with Crippen LogP contribution < -0.4 is 15.1 Å². The van der Waals surface area contributed by atoms with Gasteiger partial charge in [0.1, 0.15) is 23.2 Å². The van der Waals surface area contributed by atoms with Crippen LogP contribution in [-0.4, -0.2) is 76.7 Å². The molecule has 0 unspecified atom stereocenters. The standard InChI is InChI=1S/C40H47N7O3/c1-25-31(22-33(48)49)36(46-19-14-40(2,3)15-20-46)34(38(43-25)44-29-12-16-45(4)17-13-29)27-9-10-28-23-47(18-11-26(28)21-27)39-37-35(41-24-42-39)30-7-5-6-8-32(30)50-37/h5-10,21,24,29H,11-20,22-23H2,1-4H3,(H,43,44)(H,48,49). The lowest BCUT2D eigenvalue weighted by molar-refractivity contribution is -0.136. The van der Waals surface area contributed by atoms with E-state index in [1.54, 1.807) is 6.33 Å². The highest BCUT2D eigenvalue weighted by Crippen LogP contribution is 2.45. The molecule has 6 heterocycles. The van der Waals surface area contributed by atoms with Crippen molar-refractivity contribution in [2.45, 2.75) is 71.9 Å². The first kappa shape index (κ1) is 32.5. The molecule has 0 bridgehead atoms. The number of likely N-dealkylation sites (tertiary alicyclic amines) is 1. The number of anilines is 3. The lowest BCUT2D eigenvalue weighted by Gasteiger charge is -2.40. The van der Waals surface area contributed by atoms with Crippen molar-refractivity contribution < 1.29 is 14.3 Å². The Morgan fingerprint density at radius 1 is 1.00 bits per heavy atom. The smallest absolute Gasteiger partial charge is 0.307 e. The molecule has 0 amide bonds. The molecule has 3 aromatic heterocycles. The number of carbonyl (C=O) groups is 1. The molecule has 8 rings (SSSR count). The van der Waals surface area contributed by atoms with E-state index < -0.39 is 5.97 Å². The molecule has 5 aromatic rings. The lowest BCUT2D eigenvalue weighted by Crippen LogP contribution is -2.39. The van der Waals surface area contributed by atoms with Crippen molar-refractivity contribution in [3.05, 3.63) is 71.2 Å². The van der Waals surface area contributed by atoms with Gasteiger partial charge in [0, 0.05) is 54.4 Å². The Balaban J connectivity index is 1.20. The minimum atomic E-state index is -0.829. The normalized spacial score (nSPS) is 18.5. The maximum Gasteiger partial charge on any atom is 0.307 e. The highest BCUT2D eigenvalue weighted by Gasteiger charge is 2.32. The fourth-order valence-corrected chi connectivity index (χ4v) is 8.12. The molecule has 10 heteroatoms. The van der Waals surface area contributed by atoms with Gasteiger partial charge in [-0.3, -0.25) is 4.79 Å². The third-order valence-electron chi connectivity index (χ3n) is 11.2.